The second kappa shape index (κ2) is 13.7. The van der Waals surface area contributed by atoms with Crippen molar-refractivity contribution in [1.82, 2.24) is 35.2 Å². The van der Waals surface area contributed by atoms with Gasteiger partial charge in [-0.25, -0.2) is 9.97 Å². The molecule has 6 rings (SSSR count). The molecule has 0 amide bonds. The number of ether oxygens (including phenoxy) is 2. The van der Waals surface area contributed by atoms with Crippen LogP contribution in [0.15, 0.2) is 84.9 Å². The largest absolute Gasteiger partial charge is 0.347 e. The van der Waals surface area contributed by atoms with Crippen LogP contribution in [0.1, 0.15) is 57.0 Å². The first-order chi connectivity index (χ1) is 21.7. The Morgan fingerprint density at radius 2 is 1.48 bits per heavy atom. The number of tetrazole rings is 1. The van der Waals surface area contributed by atoms with Gasteiger partial charge in [-0.2, -0.15) is 5.21 Å². The molecule has 1 N–H and O–H groups in total. The van der Waals surface area contributed by atoms with Crippen molar-refractivity contribution in [2.45, 2.75) is 52.9 Å². The van der Waals surface area contributed by atoms with Crippen LogP contribution in [0.5, 0.6) is 0 Å². The van der Waals surface area contributed by atoms with Gasteiger partial charge in [-0.05, 0) is 53.8 Å². The lowest BCUT2D eigenvalue weighted by atomic mass is 9.98. The Morgan fingerprint density at radius 1 is 0.773 bits per heavy atom. The maximum atomic E-state index is 6.07. The molecule has 0 saturated carbocycles. The highest BCUT2D eigenvalue weighted by Crippen LogP contribution is 2.34. The highest BCUT2D eigenvalue weighted by Gasteiger charge is 2.23. The summed E-state index contributed by atoms with van der Waals surface area (Å²) in [5.41, 5.74) is 8.73. The maximum Gasteiger partial charge on any atom is 0.205 e. The Kier molecular flexibility index (Phi) is 9.14. The van der Waals surface area contributed by atoms with Gasteiger partial charge in [0.25, 0.3) is 0 Å². The number of benzene rings is 3. The summed E-state index contributed by atoms with van der Waals surface area (Å²) in [5, 5.41) is 14.7. The van der Waals surface area contributed by atoms with Crippen molar-refractivity contribution in [2.24, 2.45) is 0 Å². The number of aryl methyl sites for hydroxylation is 1. The summed E-state index contributed by atoms with van der Waals surface area (Å²) < 4.78 is 14.4. The van der Waals surface area contributed by atoms with Gasteiger partial charge < -0.3 is 14.0 Å². The standard InChI is InChI=1S/C35H37N7O2/c1-4-7-17-31-36-30-22-29(25-13-9-8-10-14-25)32(35(43-5-2)44-6-3)37-34(30)42(31)23-24-18-20-26(21-19-24)27-15-11-12-16-28(27)33-38-40-41-39-33/h8-16,18-22,35H,4-7,17,23H2,1-3H3,(H,38,39,40,41). The van der Waals surface area contributed by atoms with E-state index in [0.29, 0.717) is 25.6 Å². The molecule has 9 heteroatoms. The number of hydrogen-bond donors (Lipinski definition) is 1. The van der Waals surface area contributed by atoms with Crippen LogP contribution in [0.2, 0.25) is 0 Å². The number of pyridine rings is 1. The van der Waals surface area contributed by atoms with E-state index in [9.17, 15) is 0 Å². The van der Waals surface area contributed by atoms with Crippen molar-refractivity contribution in [3.8, 4) is 33.6 Å². The zero-order chi connectivity index (χ0) is 30.3. The van der Waals surface area contributed by atoms with Crippen molar-refractivity contribution < 1.29 is 9.47 Å². The molecule has 0 aliphatic heterocycles. The number of rotatable bonds is 13. The smallest absolute Gasteiger partial charge is 0.205 e. The average Bonchev–Trinajstić information content (AvgIpc) is 3.72. The molecule has 0 bridgehead atoms. The van der Waals surface area contributed by atoms with Gasteiger partial charge in [-0.1, -0.05) is 92.2 Å². The van der Waals surface area contributed by atoms with Crippen LogP contribution < -0.4 is 0 Å². The number of fused-ring (bicyclic) bond motifs is 1. The third-order valence-electron chi connectivity index (χ3n) is 7.65. The minimum atomic E-state index is -0.578. The van der Waals surface area contributed by atoms with Crippen LogP contribution in [-0.2, 0) is 22.4 Å². The molecule has 0 aliphatic carbocycles. The molecular formula is C35H37N7O2. The first kappa shape index (κ1) is 29.3. The summed E-state index contributed by atoms with van der Waals surface area (Å²) in [4.78, 5) is 10.4. The van der Waals surface area contributed by atoms with Gasteiger partial charge >= 0.3 is 0 Å². The van der Waals surface area contributed by atoms with Crippen LogP contribution in [0.3, 0.4) is 0 Å². The average molecular weight is 588 g/mol. The third kappa shape index (κ3) is 6.15. The van der Waals surface area contributed by atoms with Gasteiger partial charge in [0.1, 0.15) is 17.0 Å². The lowest BCUT2D eigenvalue weighted by molar-refractivity contribution is -0.142. The predicted octanol–water partition coefficient (Wildman–Crippen LogP) is 7.41. The maximum absolute atomic E-state index is 6.07. The van der Waals surface area contributed by atoms with Gasteiger partial charge in [-0.3, -0.25) is 0 Å². The fourth-order valence-electron chi connectivity index (χ4n) is 5.52. The minimum Gasteiger partial charge on any atom is -0.347 e. The molecule has 44 heavy (non-hydrogen) atoms. The monoisotopic (exact) mass is 587 g/mol. The summed E-state index contributed by atoms with van der Waals surface area (Å²) in [7, 11) is 0. The van der Waals surface area contributed by atoms with E-state index in [0.717, 1.165) is 75.3 Å². The fourth-order valence-corrected chi connectivity index (χ4v) is 5.52. The van der Waals surface area contributed by atoms with E-state index < -0.39 is 6.29 Å². The molecule has 0 atom stereocenters. The Hall–Kier alpha value is -4.73. The predicted molar refractivity (Wildman–Crippen MR) is 172 cm³/mol. The van der Waals surface area contributed by atoms with E-state index >= 15 is 0 Å². The molecule has 224 valence electrons. The molecular weight excluding hydrogens is 550 g/mol. The van der Waals surface area contributed by atoms with Crippen LogP contribution in [0.25, 0.3) is 44.8 Å². The van der Waals surface area contributed by atoms with Gasteiger partial charge in [0, 0.05) is 30.8 Å². The van der Waals surface area contributed by atoms with E-state index in [1.807, 2.05) is 50.2 Å². The minimum absolute atomic E-state index is 0.516. The van der Waals surface area contributed by atoms with Gasteiger partial charge in [0.05, 0.1) is 6.54 Å². The summed E-state index contributed by atoms with van der Waals surface area (Å²) in [6.07, 6.45) is 2.43. The van der Waals surface area contributed by atoms with E-state index in [2.05, 4.69) is 80.6 Å². The highest BCUT2D eigenvalue weighted by molar-refractivity contribution is 5.82. The quantitative estimate of drug-likeness (QED) is 0.140. The lowest BCUT2D eigenvalue weighted by Gasteiger charge is -2.20. The molecule has 3 aromatic carbocycles. The number of H-pyrrole nitrogens is 1. The Labute approximate surface area is 257 Å². The van der Waals surface area contributed by atoms with Crippen molar-refractivity contribution in [1.29, 1.82) is 0 Å². The molecule has 0 radical (unpaired) electrons. The van der Waals surface area contributed by atoms with E-state index in [1.165, 1.54) is 0 Å². The first-order valence-electron chi connectivity index (χ1n) is 15.3. The topological polar surface area (TPSA) is 104 Å². The summed E-state index contributed by atoms with van der Waals surface area (Å²) in [6, 6.07) is 29.1. The van der Waals surface area contributed by atoms with Gasteiger partial charge in [0.15, 0.2) is 5.65 Å². The summed E-state index contributed by atoms with van der Waals surface area (Å²) in [5.74, 6) is 1.60. The molecule has 3 heterocycles. The SMILES string of the molecule is CCCCc1nc2cc(-c3ccccc3)c(C(OCC)OCC)nc2n1Cc1ccc(-c2ccccc2-c2nn[nH]n2)cc1. The number of hydrogen-bond acceptors (Lipinski definition) is 7. The molecule has 6 aromatic rings. The zero-order valence-corrected chi connectivity index (χ0v) is 25.4. The number of aromatic nitrogens is 7. The van der Waals surface area contributed by atoms with Gasteiger partial charge in [-0.15, -0.1) is 10.2 Å². The summed E-state index contributed by atoms with van der Waals surface area (Å²) >= 11 is 0. The molecule has 0 fully saturated rings. The van der Waals surface area contributed by atoms with Crippen LogP contribution in [-0.4, -0.2) is 48.4 Å². The Morgan fingerprint density at radius 3 is 2.16 bits per heavy atom. The molecule has 0 aliphatic rings. The number of aromatic amines is 1. The lowest BCUT2D eigenvalue weighted by Crippen LogP contribution is -2.13. The van der Waals surface area contributed by atoms with Crippen molar-refractivity contribution in [2.75, 3.05) is 13.2 Å². The van der Waals surface area contributed by atoms with E-state index in [4.69, 9.17) is 19.4 Å². The van der Waals surface area contributed by atoms with Gasteiger partial charge in [0.2, 0.25) is 12.1 Å². The summed E-state index contributed by atoms with van der Waals surface area (Å²) in [6.45, 7) is 7.84. The van der Waals surface area contributed by atoms with E-state index in [1.54, 1.807) is 0 Å². The van der Waals surface area contributed by atoms with E-state index in [-0.39, 0.29) is 0 Å². The van der Waals surface area contributed by atoms with Crippen molar-refractivity contribution in [3.05, 3.63) is 102 Å². The zero-order valence-electron chi connectivity index (χ0n) is 25.4. The number of imidazole rings is 1. The highest BCUT2D eigenvalue weighted by atomic mass is 16.7. The molecule has 9 nitrogen and oxygen atoms in total. The number of unbranched alkanes of at least 4 members (excludes halogenated alkanes) is 1. The first-order valence-corrected chi connectivity index (χ1v) is 15.3. The second-order valence-electron chi connectivity index (χ2n) is 10.6. The second-order valence-corrected chi connectivity index (χ2v) is 10.6. The third-order valence-corrected chi connectivity index (χ3v) is 7.65. The molecule has 0 unspecified atom stereocenters. The number of nitrogens with zero attached hydrogens (tertiary/aromatic N) is 6. The Bertz CT molecular complexity index is 1790. The normalized spacial score (nSPS) is 11.5. The van der Waals surface area contributed by atoms with Crippen molar-refractivity contribution in [3.63, 3.8) is 0 Å². The van der Waals surface area contributed by atoms with Crippen LogP contribution >= 0.6 is 0 Å². The molecule has 0 saturated heterocycles. The Balaban J connectivity index is 1.41. The molecule has 3 aromatic heterocycles. The van der Waals surface area contributed by atoms with Crippen molar-refractivity contribution >= 4 is 11.2 Å². The molecule has 0 spiro atoms. The van der Waals surface area contributed by atoms with Crippen LogP contribution in [0.4, 0.5) is 0 Å². The van der Waals surface area contributed by atoms with Crippen LogP contribution in [0, 0.1) is 0 Å². The fraction of sp³-hybridized carbons (Fsp3) is 0.286. The number of nitrogens with one attached hydrogen (secondary N) is 1.